The van der Waals surface area contributed by atoms with Crippen LogP contribution < -0.4 is 0 Å². The molecule has 3 aromatic rings. The van der Waals surface area contributed by atoms with Gasteiger partial charge in [-0.3, -0.25) is 0 Å². The SMILES string of the molecule is CCn1c(-c2ccc(O)cc2F)nc2cc(Cl)ccc21. The molecule has 0 radical (unpaired) electrons. The number of hydrogen-bond acceptors (Lipinski definition) is 2. The van der Waals surface area contributed by atoms with Crippen LogP contribution >= 0.6 is 11.6 Å². The Bertz CT molecular complexity index is 798. The lowest BCUT2D eigenvalue weighted by atomic mass is 10.2. The van der Waals surface area contributed by atoms with E-state index in [0.29, 0.717) is 23.0 Å². The molecule has 0 atom stereocenters. The molecule has 1 N–H and O–H groups in total. The van der Waals surface area contributed by atoms with Crippen molar-refractivity contribution in [1.82, 2.24) is 9.55 Å². The zero-order valence-corrected chi connectivity index (χ0v) is 11.5. The van der Waals surface area contributed by atoms with Gasteiger partial charge in [-0.05, 0) is 37.3 Å². The molecule has 5 heteroatoms. The first-order chi connectivity index (χ1) is 9.60. The highest BCUT2D eigenvalue weighted by molar-refractivity contribution is 6.31. The molecular formula is C15H12ClFN2O. The van der Waals surface area contributed by atoms with Gasteiger partial charge in [-0.25, -0.2) is 9.37 Å². The maximum absolute atomic E-state index is 14.0. The Morgan fingerprint density at radius 2 is 2.05 bits per heavy atom. The third-order valence-corrected chi connectivity index (χ3v) is 3.46. The molecule has 0 amide bonds. The van der Waals surface area contributed by atoms with E-state index in [-0.39, 0.29) is 5.75 Å². The summed E-state index contributed by atoms with van der Waals surface area (Å²) in [6, 6.07) is 9.47. The van der Waals surface area contributed by atoms with Crippen LogP contribution in [0.15, 0.2) is 36.4 Å². The summed E-state index contributed by atoms with van der Waals surface area (Å²) in [6.45, 7) is 2.63. The van der Waals surface area contributed by atoms with Crippen LogP contribution in [0.5, 0.6) is 5.75 Å². The Kier molecular flexibility index (Phi) is 3.10. The average Bonchev–Trinajstić information content (AvgIpc) is 2.75. The van der Waals surface area contributed by atoms with E-state index in [1.807, 2.05) is 17.6 Å². The number of rotatable bonds is 2. The van der Waals surface area contributed by atoms with E-state index in [2.05, 4.69) is 4.98 Å². The van der Waals surface area contributed by atoms with E-state index in [0.717, 1.165) is 17.1 Å². The fraction of sp³-hybridized carbons (Fsp3) is 0.133. The van der Waals surface area contributed by atoms with Crippen LogP contribution in [0.25, 0.3) is 22.4 Å². The van der Waals surface area contributed by atoms with E-state index in [4.69, 9.17) is 11.6 Å². The Morgan fingerprint density at radius 1 is 1.25 bits per heavy atom. The van der Waals surface area contributed by atoms with Crippen LogP contribution in [-0.4, -0.2) is 14.7 Å². The number of halogens is 2. The maximum atomic E-state index is 14.0. The fourth-order valence-corrected chi connectivity index (χ4v) is 2.48. The Morgan fingerprint density at radius 3 is 2.75 bits per heavy atom. The number of aryl methyl sites for hydroxylation is 1. The van der Waals surface area contributed by atoms with Gasteiger partial charge in [0.15, 0.2) is 0 Å². The molecule has 0 saturated heterocycles. The second-order valence-electron chi connectivity index (χ2n) is 4.48. The molecule has 0 unspecified atom stereocenters. The van der Waals surface area contributed by atoms with Crippen LogP contribution in [0.4, 0.5) is 4.39 Å². The number of phenols is 1. The van der Waals surface area contributed by atoms with Gasteiger partial charge >= 0.3 is 0 Å². The molecule has 102 valence electrons. The van der Waals surface area contributed by atoms with Gasteiger partial charge < -0.3 is 9.67 Å². The molecule has 3 nitrogen and oxygen atoms in total. The topological polar surface area (TPSA) is 38.0 Å². The predicted molar refractivity (Wildman–Crippen MR) is 77.5 cm³/mol. The van der Waals surface area contributed by atoms with Gasteiger partial charge in [0, 0.05) is 17.6 Å². The zero-order valence-electron chi connectivity index (χ0n) is 10.8. The smallest absolute Gasteiger partial charge is 0.144 e. The lowest BCUT2D eigenvalue weighted by Gasteiger charge is -2.07. The third-order valence-electron chi connectivity index (χ3n) is 3.22. The number of imidazole rings is 1. The molecule has 0 saturated carbocycles. The molecule has 1 aromatic heterocycles. The summed E-state index contributed by atoms with van der Waals surface area (Å²) >= 11 is 5.97. The predicted octanol–water partition coefficient (Wildman–Crippen LogP) is 4.22. The number of phenolic OH excluding ortho intramolecular Hbond substituents is 1. The highest BCUT2D eigenvalue weighted by Crippen LogP contribution is 2.29. The molecular weight excluding hydrogens is 279 g/mol. The number of aromatic nitrogens is 2. The van der Waals surface area contributed by atoms with Crippen molar-refractivity contribution in [2.45, 2.75) is 13.5 Å². The van der Waals surface area contributed by atoms with Crippen molar-refractivity contribution >= 4 is 22.6 Å². The van der Waals surface area contributed by atoms with Crippen molar-refractivity contribution in [2.24, 2.45) is 0 Å². The van der Waals surface area contributed by atoms with Crippen molar-refractivity contribution in [2.75, 3.05) is 0 Å². The van der Waals surface area contributed by atoms with E-state index in [1.54, 1.807) is 12.1 Å². The zero-order chi connectivity index (χ0) is 14.3. The van der Waals surface area contributed by atoms with Crippen LogP contribution in [0.3, 0.4) is 0 Å². The van der Waals surface area contributed by atoms with Gasteiger partial charge in [-0.2, -0.15) is 0 Å². The normalized spacial score (nSPS) is 11.2. The van der Waals surface area contributed by atoms with Crippen LogP contribution in [-0.2, 0) is 6.54 Å². The maximum Gasteiger partial charge on any atom is 0.144 e. The first-order valence-electron chi connectivity index (χ1n) is 6.25. The number of benzene rings is 2. The largest absolute Gasteiger partial charge is 0.508 e. The summed E-state index contributed by atoms with van der Waals surface area (Å²) in [5.74, 6) is -0.0724. The van der Waals surface area contributed by atoms with Gasteiger partial charge in [0.25, 0.3) is 0 Å². The van der Waals surface area contributed by atoms with E-state index >= 15 is 0 Å². The molecule has 0 aliphatic heterocycles. The summed E-state index contributed by atoms with van der Waals surface area (Å²) in [7, 11) is 0. The lowest BCUT2D eigenvalue weighted by molar-refractivity contribution is 0.469. The minimum absolute atomic E-state index is 0.103. The number of hydrogen-bond donors (Lipinski definition) is 1. The molecule has 0 aliphatic rings. The minimum Gasteiger partial charge on any atom is -0.508 e. The number of aromatic hydroxyl groups is 1. The van der Waals surface area contributed by atoms with E-state index in [1.165, 1.54) is 12.1 Å². The summed E-state index contributed by atoms with van der Waals surface area (Å²) in [5.41, 5.74) is 1.98. The first kappa shape index (κ1) is 12.9. The lowest BCUT2D eigenvalue weighted by Crippen LogP contribution is -1.98. The summed E-state index contributed by atoms with van der Waals surface area (Å²) in [5, 5.41) is 9.90. The van der Waals surface area contributed by atoms with Gasteiger partial charge in [-0.15, -0.1) is 0 Å². The second kappa shape index (κ2) is 4.80. The van der Waals surface area contributed by atoms with Crippen molar-refractivity contribution in [3.63, 3.8) is 0 Å². The van der Waals surface area contributed by atoms with Crippen molar-refractivity contribution < 1.29 is 9.50 Å². The first-order valence-corrected chi connectivity index (χ1v) is 6.62. The van der Waals surface area contributed by atoms with E-state index in [9.17, 15) is 9.50 Å². The van der Waals surface area contributed by atoms with Crippen LogP contribution in [0.2, 0.25) is 5.02 Å². The van der Waals surface area contributed by atoms with Crippen molar-refractivity contribution in [1.29, 1.82) is 0 Å². The molecule has 0 bridgehead atoms. The van der Waals surface area contributed by atoms with Crippen LogP contribution in [0, 0.1) is 5.82 Å². The van der Waals surface area contributed by atoms with Crippen molar-refractivity contribution in [3.05, 3.63) is 47.2 Å². The molecule has 0 aliphatic carbocycles. The van der Waals surface area contributed by atoms with Gasteiger partial charge in [0.1, 0.15) is 17.4 Å². The Hall–Kier alpha value is -2.07. The van der Waals surface area contributed by atoms with Gasteiger partial charge in [0.2, 0.25) is 0 Å². The summed E-state index contributed by atoms with van der Waals surface area (Å²) in [4.78, 5) is 4.46. The molecule has 3 rings (SSSR count). The van der Waals surface area contributed by atoms with Gasteiger partial charge in [0.05, 0.1) is 16.6 Å². The molecule has 2 aromatic carbocycles. The van der Waals surface area contributed by atoms with E-state index < -0.39 is 5.82 Å². The minimum atomic E-state index is -0.499. The Labute approximate surface area is 120 Å². The highest BCUT2D eigenvalue weighted by Gasteiger charge is 2.15. The molecule has 20 heavy (non-hydrogen) atoms. The summed E-state index contributed by atoms with van der Waals surface area (Å²) in [6.07, 6.45) is 0. The second-order valence-corrected chi connectivity index (χ2v) is 4.91. The average molecular weight is 291 g/mol. The monoisotopic (exact) mass is 290 g/mol. The quantitative estimate of drug-likeness (QED) is 0.767. The van der Waals surface area contributed by atoms with Crippen LogP contribution in [0.1, 0.15) is 6.92 Å². The number of fused-ring (bicyclic) bond motifs is 1. The summed E-state index contributed by atoms with van der Waals surface area (Å²) < 4.78 is 15.9. The third kappa shape index (κ3) is 2.02. The molecule has 1 heterocycles. The standard InChI is InChI=1S/C15H12ClFN2O/c1-2-19-14-6-3-9(16)7-13(14)18-15(19)11-5-4-10(20)8-12(11)17/h3-8,20H,2H2,1H3. The number of nitrogens with zero attached hydrogens (tertiary/aromatic N) is 2. The van der Waals surface area contributed by atoms with Crippen molar-refractivity contribution in [3.8, 4) is 17.1 Å². The fourth-order valence-electron chi connectivity index (χ4n) is 2.31. The molecule has 0 fully saturated rings. The highest BCUT2D eigenvalue weighted by atomic mass is 35.5. The van der Waals surface area contributed by atoms with Gasteiger partial charge in [-0.1, -0.05) is 11.6 Å². The molecule has 0 spiro atoms. The Balaban J connectivity index is 2.30.